The number of carbonyl (C=O) groups is 1. The molecule has 2 aliphatic rings. The second-order valence-corrected chi connectivity index (χ2v) is 8.98. The molecule has 1 amide bonds. The van der Waals surface area contributed by atoms with Gasteiger partial charge in [0.15, 0.2) is 0 Å². The molecule has 2 heterocycles. The molecule has 3 rings (SSSR count). The molecule has 1 aromatic carbocycles. The molecule has 0 radical (unpaired) electrons. The normalized spacial score (nSPS) is 23.7. The van der Waals surface area contributed by atoms with Crippen LogP contribution in [-0.4, -0.2) is 67.2 Å². The van der Waals surface area contributed by atoms with Gasteiger partial charge in [-0.1, -0.05) is 0 Å². The van der Waals surface area contributed by atoms with Crippen molar-refractivity contribution >= 4 is 34.0 Å². The molecule has 0 saturated carbocycles. The van der Waals surface area contributed by atoms with E-state index in [1.165, 1.54) is 28.6 Å². The molecule has 9 nitrogen and oxygen atoms in total. The van der Waals surface area contributed by atoms with Crippen LogP contribution in [0.1, 0.15) is 19.8 Å². The Labute approximate surface area is 170 Å². The topological polar surface area (TPSA) is 113 Å². The molecule has 0 aromatic heterocycles. The number of nitro benzene ring substituents is 1. The first-order valence-electron chi connectivity index (χ1n) is 9.06. The highest BCUT2D eigenvalue weighted by atomic mass is 35.5. The number of amides is 1. The van der Waals surface area contributed by atoms with E-state index >= 15 is 0 Å². The number of halogens is 1. The van der Waals surface area contributed by atoms with Crippen molar-refractivity contribution in [3.8, 4) is 0 Å². The first-order valence-corrected chi connectivity index (χ1v) is 10.5. The van der Waals surface area contributed by atoms with E-state index in [1.807, 2.05) is 11.8 Å². The highest BCUT2D eigenvalue weighted by molar-refractivity contribution is 7.89. The summed E-state index contributed by atoms with van der Waals surface area (Å²) in [5, 5.41) is 14.0. The highest BCUT2D eigenvalue weighted by Crippen LogP contribution is 2.26. The van der Waals surface area contributed by atoms with Gasteiger partial charge >= 0.3 is 0 Å². The Balaban J connectivity index is 0.00000280. The molecule has 11 heteroatoms. The van der Waals surface area contributed by atoms with Crippen LogP contribution in [0.15, 0.2) is 29.2 Å². The lowest BCUT2D eigenvalue weighted by atomic mass is 9.97. The Morgan fingerprint density at radius 1 is 1.25 bits per heavy atom. The van der Waals surface area contributed by atoms with Crippen LogP contribution in [0.25, 0.3) is 0 Å². The number of carbonyl (C=O) groups excluding carboxylic acids is 1. The molecule has 156 valence electrons. The lowest BCUT2D eigenvalue weighted by Gasteiger charge is -2.39. The Morgan fingerprint density at radius 2 is 1.93 bits per heavy atom. The van der Waals surface area contributed by atoms with E-state index < -0.39 is 14.9 Å². The minimum Gasteiger partial charge on any atom is -0.337 e. The van der Waals surface area contributed by atoms with Gasteiger partial charge in [0, 0.05) is 50.9 Å². The third kappa shape index (κ3) is 4.62. The molecular weight excluding hydrogens is 408 g/mol. The molecule has 2 atom stereocenters. The van der Waals surface area contributed by atoms with Crippen LogP contribution >= 0.6 is 12.4 Å². The van der Waals surface area contributed by atoms with Gasteiger partial charge in [0.1, 0.15) is 0 Å². The summed E-state index contributed by atoms with van der Waals surface area (Å²) in [6.45, 7) is 4.59. The Kier molecular flexibility index (Phi) is 7.38. The molecule has 0 aliphatic carbocycles. The fourth-order valence-corrected chi connectivity index (χ4v) is 5.18. The van der Waals surface area contributed by atoms with E-state index in [0.29, 0.717) is 25.9 Å². The first-order chi connectivity index (χ1) is 12.8. The summed E-state index contributed by atoms with van der Waals surface area (Å²) >= 11 is 0. The molecule has 2 fully saturated rings. The van der Waals surface area contributed by atoms with Crippen LogP contribution < -0.4 is 5.32 Å². The van der Waals surface area contributed by atoms with Gasteiger partial charge < -0.3 is 10.2 Å². The second kappa shape index (κ2) is 9.17. The van der Waals surface area contributed by atoms with E-state index in [-0.39, 0.29) is 47.4 Å². The van der Waals surface area contributed by atoms with Crippen LogP contribution in [0.2, 0.25) is 0 Å². The smallest absolute Gasteiger partial charge is 0.269 e. The van der Waals surface area contributed by atoms with E-state index in [0.717, 1.165) is 13.1 Å². The Hall–Kier alpha value is -1.75. The quantitative estimate of drug-likeness (QED) is 0.565. The zero-order valence-electron chi connectivity index (χ0n) is 15.6. The summed E-state index contributed by atoms with van der Waals surface area (Å²) in [7, 11) is -3.79. The van der Waals surface area contributed by atoms with Crippen LogP contribution in [0, 0.1) is 16.0 Å². The molecule has 28 heavy (non-hydrogen) atoms. The number of nitro groups is 1. The summed E-state index contributed by atoms with van der Waals surface area (Å²) < 4.78 is 27.1. The van der Waals surface area contributed by atoms with Gasteiger partial charge in [-0.05, 0) is 31.9 Å². The molecular formula is C17H25ClN4O5S. The first kappa shape index (κ1) is 22.5. The van der Waals surface area contributed by atoms with E-state index in [2.05, 4.69) is 5.32 Å². The zero-order chi connectivity index (χ0) is 19.6. The number of benzene rings is 1. The second-order valence-electron chi connectivity index (χ2n) is 7.04. The van der Waals surface area contributed by atoms with Gasteiger partial charge in [0.05, 0.1) is 15.7 Å². The summed E-state index contributed by atoms with van der Waals surface area (Å²) in [5.41, 5.74) is -0.159. The van der Waals surface area contributed by atoms with Crippen molar-refractivity contribution < 1.29 is 18.1 Å². The molecule has 2 saturated heterocycles. The molecule has 1 N–H and O–H groups in total. The standard InChI is InChI=1S/C17H24N4O5S.ClH/c1-13-11-18-8-10-20(13)17(22)14-3-2-9-19(12-14)27(25,26)16-6-4-15(5-7-16)21(23)24;/h4-7,13-14,18H,2-3,8-12H2,1H3;1H/t13-,14?;/m1./s1. The number of piperazine rings is 1. The summed E-state index contributed by atoms with van der Waals surface area (Å²) in [5.74, 6) is -0.347. The van der Waals surface area contributed by atoms with Gasteiger partial charge in [-0.2, -0.15) is 4.31 Å². The van der Waals surface area contributed by atoms with Gasteiger partial charge in [-0.3, -0.25) is 14.9 Å². The van der Waals surface area contributed by atoms with Crippen molar-refractivity contribution in [2.24, 2.45) is 5.92 Å². The lowest BCUT2D eigenvalue weighted by molar-refractivity contribution is -0.384. The van der Waals surface area contributed by atoms with Crippen LogP contribution in [0.5, 0.6) is 0 Å². The summed E-state index contributed by atoms with van der Waals surface area (Å²) in [6, 6.07) is 4.95. The Morgan fingerprint density at radius 3 is 2.54 bits per heavy atom. The minimum atomic E-state index is -3.79. The molecule has 1 aromatic rings. The van der Waals surface area contributed by atoms with Crippen molar-refractivity contribution in [2.45, 2.75) is 30.7 Å². The lowest BCUT2D eigenvalue weighted by Crippen LogP contribution is -2.55. The monoisotopic (exact) mass is 432 g/mol. The number of hydrogen-bond donors (Lipinski definition) is 1. The number of nitrogens with zero attached hydrogens (tertiary/aromatic N) is 3. The molecule has 0 spiro atoms. The summed E-state index contributed by atoms with van der Waals surface area (Å²) in [6.07, 6.45) is 1.28. The maximum absolute atomic E-state index is 12.9. The van der Waals surface area contributed by atoms with Crippen LogP contribution in [0.4, 0.5) is 5.69 Å². The van der Waals surface area contributed by atoms with Crippen molar-refractivity contribution in [3.63, 3.8) is 0 Å². The maximum Gasteiger partial charge on any atom is 0.269 e. The van der Waals surface area contributed by atoms with Crippen molar-refractivity contribution in [3.05, 3.63) is 34.4 Å². The maximum atomic E-state index is 12.9. The average molecular weight is 433 g/mol. The van der Waals surface area contributed by atoms with Gasteiger partial charge in [-0.15, -0.1) is 12.4 Å². The van der Waals surface area contributed by atoms with Gasteiger partial charge in [0.2, 0.25) is 15.9 Å². The number of sulfonamides is 1. The van der Waals surface area contributed by atoms with Crippen LogP contribution in [0.3, 0.4) is 0 Å². The molecule has 2 aliphatic heterocycles. The molecule has 1 unspecified atom stereocenters. The number of nitrogens with one attached hydrogen (secondary N) is 1. The third-order valence-corrected chi connectivity index (χ3v) is 7.08. The largest absolute Gasteiger partial charge is 0.337 e. The van der Waals surface area contributed by atoms with Crippen LogP contribution in [-0.2, 0) is 14.8 Å². The fraction of sp³-hybridized carbons (Fsp3) is 0.588. The SMILES string of the molecule is C[C@@H]1CNCCN1C(=O)C1CCCN(S(=O)(=O)c2ccc([N+](=O)[O-])cc2)C1.Cl. The van der Waals surface area contributed by atoms with E-state index in [1.54, 1.807) is 0 Å². The fourth-order valence-electron chi connectivity index (χ4n) is 3.65. The Bertz CT molecular complexity index is 817. The van der Waals surface area contributed by atoms with E-state index in [9.17, 15) is 23.3 Å². The average Bonchev–Trinajstić information content (AvgIpc) is 2.68. The van der Waals surface area contributed by atoms with Crippen molar-refractivity contribution in [1.82, 2.24) is 14.5 Å². The predicted octanol–water partition coefficient (Wildman–Crippen LogP) is 1.24. The zero-order valence-corrected chi connectivity index (χ0v) is 17.2. The number of non-ortho nitro benzene ring substituents is 1. The minimum absolute atomic E-state index is 0. The third-order valence-electron chi connectivity index (χ3n) is 5.20. The highest BCUT2D eigenvalue weighted by Gasteiger charge is 2.36. The number of rotatable bonds is 4. The van der Waals surface area contributed by atoms with Crippen molar-refractivity contribution in [1.29, 1.82) is 0 Å². The number of piperidine rings is 1. The van der Waals surface area contributed by atoms with Gasteiger partial charge in [-0.25, -0.2) is 8.42 Å². The van der Waals surface area contributed by atoms with E-state index in [4.69, 9.17) is 0 Å². The van der Waals surface area contributed by atoms with Gasteiger partial charge in [0.25, 0.3) is 5.69 Å². The summed E-state index contributed by atoms with van der Waals surface area (Å²) in [4.78, 5) is 24.9. The van der Waals surface area contributed by atoms with Crippen molar-refractivity contribution in [2.75, 3.05) is 32.7 Å². The predicted molar refractivity (Wildman–Crippen MR) is 106 cm³/mol. The molecule has 0 bridgehead atoms. The number of hydrogen-bond acceptors (Lipinski definition) is 6.